The minimum absolute atomic E-state index is 0.361. The fourth-order valence-corrected chi connectivity index (χ4v) is 2.40. The first-order valence-corrected chi connectivity index (χ1v) is 6.80. The number of carbonyl (C=O) groups excluding carboxylic acids is 1. The maximum Gasteiger partial charge on any atom is 0.347 e. The maximum absolute atomic E-state index is 11.9. The fraction of sp³-hybridized carbons (Fsp3) is 0.429. The molecule has 2 rings (SSSR count). The highest BCUT2D eigenvalue weighted by atomic mass is 35.5. The first-order valence-electron chi connectivity index (χ1n) is 6.42. The van der Waals surface area contributed by atoms with Gasteiger partial charge < -0.3 is 10.2 Å². The Hall–Kier alpha value is -1.55. The summed E-state index contributed by atoms with van der Waals surface area (Å²) in [7, 11) is 1.96. The number of amidine groups is 1. The zero-order valence-corrected chi connectivity index (χ0v) is 12.0. The van der Waals surface area contributed by atoms with Crippen LogP contribution in [0, 0.1) is 6.92 Å². The molecule has 1 fully saturated rings. The number of amides is 2. The number of rotatable bonds is 1. The van der Waals surface area contributed by atoms with E-state index in [1.165, 1.54) is 0 Å². The van der Waals surface area contributed by atoms with E-state index in [2.05, 4.69) is 10.3 Å². The monoisotopic (exact) mass is 279 g/mol. The number of aliphatic imine (C=N–C) groups is 1. The van der Waals surface area contributed by atoms with Crippen molar-refractivity contribution in [2.24, 2.45) is 4.99 Å². The van der Waals surface area contributed by atoms with Crippen LogP contribution in [0.4, 0.5) is 10.5 Å². The standard InChI is InChI=1S/C14H18ClN3O/c1-10-6-5-7-11(15)13(10)17-14(19)16-12-8-3-4-9-18(12)2/h5-7H,3-4,8-9H2,1-2H3,(H,17,19)/b16-12-. The Morgan fingerprint density at radius 3 is 2.89 bits per heavy atom. The van der Waals surface area contributed by atoms with Crippen molar-refractivity contribution in [3.63, 3.8) is 0 Å². The lowest BCUT2D eigenvalue weighted by Crippen LogP contribution is -2.32. The smallest absolute Gasteiger partial charge is 0.347 e. The zero-order chi connectivity index (χ0) is 13.8. The number of piperidine rings is 1. The van der Waals surface area contributed by atoms with Gasteiger partial charge in [-0.05, 0) is 31.4 Å². The van der Waals surface area contributed by atoms with Crippen molar-refractivity contribution in [3.05, 3.63) is 28.8 Å². The summed E-state index contributed by atoms with van der Waals surface area (Å²) in [5.74, 6) is 0.841. The quantitative estimate of drug-likeness (QED) is 0.852. The lowest BCUT2D eigenvalue weighted by atomic mass is 10.1. The molecule has 0 atom stereocenters. The van der Waals surface area contributed by atoms with E-state index in [-0.39, 0.29) is 6.03 Å². The molecule has 1 aromatic carbocycles. The van der Waals surface area contributed by atoms with Gasteiger partial charge in [0, 0.05) is 20.0 Å². The lowest BCUT2D eigenvalue weighted by molar-refractivity contribution is 0.259. The number of hydrogen-bond acceptors (Lipinski definition) is 1. The summed E-state index contributed by atoms with van der Waals surface area (Å²) in [5, 5.41) is 3.29. The molecular formula is C14H18ClN3O. The Balaban J connectivity index is 2.11. The highest BCUT2D eigenvalue weighted by Gasteiger charge is 2.14. The van der Waals surface area contributed by atoms with Crippen molar-refractivity contribution in [3.8, 4) is 0 Å². The van der Waals surface area contributed by atoms with Crippen molar-refractivity contribution in [2.75, 3.05) is 18.9 Å². The first kappa shape index (κ1) is 13.9. The minimum Gasteiger partial charge on any atom is -0.363 e. The first-order chi connectivity index (χ1) is 9.08. The average Bonchev–Trinajstić information content (AvgIpc) is 2.37. The number of nitrogens with zero attached hydrogens (tertiary/aromatic N) is 2. The number of likely N-dealkylation sites (tertiary alicyclic amines) is 1. The van der Waals surface area contributed by atoms with Gasteiger partial charge in [0.2, 0.25) is 0 Å². The maximum atomic E-state index is 11.9. The number of anilines is 1. The molecule has 0 bridgehead atoms. The second-order valence-corrected chi connectivity index (χ2v) is 5.18. The number of halogens is 1. The van der Waals surface area contributed by atoms with E-state index < -0.39 is 0 Å². The number of carbonyl (C=O) groups is 1. The Kier molecular flexibility index (Phi) is 4.43. The normalized spacial score (nSPS) is 17.6. The van der Waals surface area contributed by atoms with Gasteiger partial charge in [-0.3, -0.25) is 0 Å². The molecule has 0 spiro atoms. The van der Waals surface area contributed by atoms with Crippen molar-refractivity contribution in [1.82, 2.24) is 4.90 Å². The van der Waals surface area contributed by atoms with Crippen LogP contribution in [0.3, 0.4) is 0 Å². The highest BCUT2D eigenvalue weighted by molar-refractivity contribution is 6.34. The van der Waals surface area contributed by atoms with Gasteiger partial charge in [0.25, 0.3) is 0 Å². The third-order valence-corrected chi connectivity index (χ3v) is 3.58. The SMILES string of the molecule is Cc1cccc(Cl)c1NC(=O)/N=C1/CCCCN1C. The number of aryl methyl sites for hydroxylation is 1. The van der Waals surface area contributed by atoms with Gasteiger partial charge in [-0.2, -0.15) is 4.99 Å². The summed E-state index contributed by atoms with van der Waals surface area (Å²) < 4.78 is 0. The largest absolute Gasteiger partial charge is 0.363 e. The zero-order valence-electron chi connectivity index (χ0n) is 11.2. The van der Waals surface area contributed by atoms with E-state index in [0.29, 0.717) is 10.7 Å². The molecule has 2 amide bonds. The Morgan fingerprint density at radius 1 is 1.42 bits per heavy atom. The molecule has 5 heteroatoms. The van der Waals surface area contributed by atoms with Gasteiger partial charge in [0.1, 0.15) is 5.84 Å². The molecule has 1 saturated heterocycles. The molecule has 0 aliphatic carbocycles. The van der Waals surface area contributed by atoms with Gasteiger partial charge in [0.15, 0.2) is 0 Å². The Labute approximate surface area is 118 Å². The van der Waals surface area contributed by atoms with E-state index in [1.54, 1.807) is 6.07 Å². The van der Waals surface area contributed by atoms with Crippen LogP contribution in [0.2, 0.25) is 5.02 Å². The van der Waals surface area contributed by atoms with Crippen LogP contribution in [0.25, 0.3) is 0 Å². The number of nitrogens with one attached hydrogen (secondary N) is 1. The molecule has 0 saturated carbocycles. The summed E-state index contributed by atoms with van der Waals surface area (Å²) >= 11 is 6.07. The summed E-state index contributed by atoms with van der Waals surface area (Å²) in [6, 6.07) is 5.15. The van der Waals surface area contributed by atoms with Gasteiger partial charge in [-0.25, -0.2) is 4.79 Å². The lowest BCUT2D eigenvalue weighted by Gasteiger charge is -2.25. The topological polar surface area (TPSA) is 44.7 Å². The highest BCUT2D eigenvalue weighted by Crippen LogP contribution is 2.25. The average molecular weight is 280 g/mol. The number of para-hydroxylation sites is 1. The summed E-state index contributed by atoms with van der Waals surface area (Å²) in [4.78, 5) is 18.1. The molecular weight excluding hydrogens is 262 g/mol. The van der Waals surface area contributed by atoms with E-state index in [4.69, 9.17) is 11.6 Å². The minimum atomic E-state index is -0.361. The van der Waals surface area contributed by atoms with Crippen LogP contribution in [-0.2, 0) is 0 Å². The number of hydrogen-bond donors (Lipinski definition) is 1. The molecule has 0 radical (unpaired) electrons. The summed E-state index contributed by atoms with van der Waals surface area (Å²) in [6.07, 6.45) is 3.09. The molecule has 4 nitrogen and oxygen atoms in total. The van der Waals surface area contributed by atoms with Crippen LogP contribution in [0.1, 0.15) is 24.8 Å². The predicted molar refractivity (Wildman–Crippen MR) is 79.1 cm³/mol. The predicted octanol–water partition coefficient (Wildman–Crippen LogP) is 3.69. The van der Waals surface area contributed by atoms with Gasteiger partial charge in [-0.1, -0.05) is 23.7 Å². The molecule has 1 N–H and O–H groups in total. The second kappa shape index (κ2) is 6.06. The molecule has 0 aromatic heterocycles. The Morgan fingerprint density at radius 2 is 2.21 bits per heavy atom. The third-order valence-electron chi connectivity index (χ3n) is 3.27. The van der Waals surface area contributed by atoms with Crippen molar-refractivity contribution < 1.29 is 4.79 Å². The van der Waals surface area contributed by atoms with Gasteiger partial charge in [0.05, 0.1) is 10.7 Å². The molecule has 1 aromatic rings. The van der Waals surface area contributed by atoms with Crippen molar-refractivity contribution >= 4 is 29.2 Å². The molecule has 1 aliphatic heterocycles. The third kappa shape index (κ3) is 3.47. The van der Waals surface area contributed by atoms with Crippen LogP contribution in [0.15, 0.2) is 23.2 Å². The molecule has 102 valence electrons. The molecule has 0 unspecified atom stereocenters. The number of benzene rings is 1. The molecule has 1 heterocycles. The number of urea groups is 1. The van der Waals surface area contributed by atoms with Crippen LogP contribution < -0.4 is 5.32 Å². The summed E-state index contributed by atoms with van der Waals surface area (Å²) in [5.41, 5.74) is 1.56. The van der Waals surface area contributed by atoms with Gasteiger partial charge >= 0.3 is 6.03 Å². The molecule has 1 aliphatic rings. The van der Waals surface area contributed by atoms with Crippen molar-refractivity contribution in [2.45, 2.75) is 26.2 Å². The van der Waals surface area contributed by atoms with E-state index in [9.17, 15) is 4.79 Å². The van der Waals surface area contributed by atoms with Crippen molar-refractivity contribution in [1.29, 1.82) is 0 Å². The summed E-state index contributed by atoms with van der Waals surface area (Å²) in [6.45, 7) is 2.86. The van der Waals surface area contributed by atoms with Crippen LogP contribution in [0.5, 0.6) is 0 Å². The fourth-order valence-electron chi connectivity index (χ4n) is 2.14. The van der Waals surface area contributed by atoms with Crippen LogP contribution in [-0.4, -0.2) is 30.4 Å². The second-order valence-electron chi connectivity index (χ2n) is 4.77. The van der Waals surface area contributed by atoms with E-state index in [1.807, 2.05) is 31.0 Å². The Bertz CT molecular complexity index is 493. The van der Waals surface area contributed by atoms with Crippen LogP contribution >= 0.6 is 11.6 Å². The van der Waals surface area contributed by atoms with E-state index >= 15 is 0 Å². The van der Waals surface area contributed by atoms with Gasteiger partial charge in [-0.15, -0.1) is 0 Å². The van der Waals surface area contributed by atoms with E-state index in [0.717, 1.165) is 37.2 Å². The molecule has 19 heavy (non-hydrogen) atoms.